The Morgan fingerprint density at radius 3 is 2.73 bits per heavy atom. The average molecular weight is 415 g/mol. The number of hydrogen-bond acceptors (Lipinski definition) is 5. The average Bonchev–Trinajstić information content (AvgIpc) is 3.21. The summed E-state index contributed by atoms with van der Waals surface area (Å²) in [6.07, 6.45) is 2.45. The SMILES string of the molecule is O=C1CCc2cc(C(=O)Cn3cnc4sc(-c5ccccc5)cc4c3=O)ccc2N1. The third kappa shape index (κ3) is 3.33. The molecule has 5 rings (SSSR count). The van der Waals surface area contributed by atoms with Crippen molar-refractivity contribution in [2.45, 2.75) is 19.4 Å². The van der Waals surface area contributed by atoms with Crippen LogP contribution in [0.5, 0.6) is 0 Å². The number of carbonyl (C=O) groups is 2. The van der Waals surface area contributed by atoms with Crippen molar-refractivity contribution < 1.29 is 9.59 Å². The van der Waals surface area contributed by atoms with Gasteiger partial charge < -0.3 is 5.32 Å². The second-order valence-corrected chi connectivity index (χ2v) is 8.25. The summed E-state index contributed by atoms with van der Waals surface area (Å²) in [5.74, 6) is -0.186. The molecule has 3 heterocycles. The Kier molecular flexibility index (Phi) is 4.52. The lowest BCUT2D eigenvalue weighted by Gasteiger charge is -2.17. The quantitative estimate of drug-likeness (QED) is 0.513. The van der Waals surface area contributed by atoms with Crippen molar-refractivity contribution in [2.24, 2.45) is 0 Å². The highest BCUT2D eigenvalue weighted by atomic mass is 32.1. The van der Waals surface area contributed by atoms with Crippen molar-refractivity contribution in [3.05, 3.63) is 82.4 Å². The number of nitrogens with zero attached hydrogens (tertiary/aromatic N) is 2. The molecule has 0 unspecified atom stereocenters. The molecule has 0 fully saturated rings. The number of ketones is 1. The Bertz CT molecular complexity index is 1360. The van der Waals surface area contributed by atoms with Gasteiger partial charge in [-0.05, 0) is 41.8 Å². The van der Waals surface area contributed by atoms with Crippen LogP contribution in [0.2, 0.25) is 0 Å². The van der Waals surface area contributed by atoms with E-state index in [1.807, 2.05) is 36.4 Å². The number of anilines is 1. The topological polar surface area (TPSA) is 81.1 Å². The van der Waals surface area contributed by atoms with Gasteiger partial charge in [-0.25, -0.2) is 4.98 Å². The third-order valence-corrected chi connectivity index (χ3v) is 6.31. The zero-order valence-corrected chi connectivity index (χ0v) is 16.7. The molecule has 0 saturated carbocycles. The first-order valence-corrected chi connectivity index (χ1v) is 10.4. The van der Waals surface area contributed by atoms with Gasteiger partial charge in [0.2, 0.25) is 5.91 Å². The first-order chi connectivity index (χ1) is 14.6. The third-order valence-electron chi connectivity index (χ3n) is 5.21. The molecule has 1 N–H and O–H groups in total. The number of benzene rings is 2. The van der Waals surface area contributed by atoms with Gasteiger partial charge in [-0.15, -0.1) is 11.3 Å². The van der Waals surface area contributed by atoms with Crippen LogP contribution in [0.15, 0.2) is 65.7 Å². The molecule has 1 aliphatic rings. The number of nitrogens with one attached hydrogen (secondary N) is 1. The van der Waals surface area contributed by atoms with Crippen LogP contribution in [0.25, 0.3) is 20.7 Å². The Hall–Kier alpha value is -3.58. The van der Waals surface area contributed by atoms with Gasteiger partial charge >= 0.3 is 0 Å². The fraction of sp³-hybridized carbons (Fsp3) is 0.130. The number of fused-ring (bicyclic) bond motifs is 2. The van der Waals surface area contributed by atoms with E-state index in [2.05, 4.69) is 10.3 Å². The predicted molar refractivity (Wildman–Crippen MR) is 117 cm³/mol. The lowest BCUT2D eigenvalue weighted by atomic mass is 9.99. The highest BCUT2D eigenvalue weighted by molar-refractivity contribution is 7.21. The fourth-order valence-electron chi connectivity index (χ4n) is 3.62. The molecule has 30 heavy (non-hydrogen) atoms. The highest BCUT2D eigenvalue weighted by Crippen LogP contribution is 2.30. The summed E-state index contributed by atoms with van der Waals surface area (Å²) < 4.78 is 1.35. The molecular weight excluding hydrogens is 398 g/mol. The van der Waals surface area contributed by atoms with E-state index in [-0.39, 0.29) is 23.8 Å². The van der Waals surface area contributed by atoms with Crippen molar-refractivity contribution >= 4 is 38.9 Å². The van der Waals surface area contributed by atoms with Crippen LogP contribution >= 0.6 is 11.3 Å². The lowest BCUT2D eigenvalue weighted by Crippen LogP contribution is -2.24. The lowest BCUT2D eigenvalue weighted by molar-refractivity contribution is -0.116. The van der Waals surface area contributed by atoms with E-state index in [9.17, 15) is 14.4 Å². The molecule has 0 aliphatic carbocycles. The molecule has 0 atom stereocenters. The monoisotopic (exact) mass is 415 g/mol. The first-order valence-electron chi connectivity index (χ1n) is 9.59. The van der Waals surface area contributed by atoms with Crippen molar-refractivity contribution in [3.8, 4) is 10.4 Å². The standard InChI is InChI=1S/C23H17N3O3S/c27-19(16-6-8-18-15(10-16)7-9-21(28)25-18)12-26-13-24-22-17(23(26)29)11-20(30-22)14-4-2-1-3-5-14/h1-6,8,10-11,13H,7,9,12H2,(H,25,28). The van der Waals surface area contributed by atoms with Gasteiger partial charge in [-0.2, -0.15) is 0 Å². The Morgan fingerprint density at radius 2 is 1.90 bits per heavy atom. The van der Waals surface area contributed by atoms with E-state index < -0.39 is 0 Å². The van der Waals surface area contributed by atoms with Crippen LogP contribution in [0.3, 0.4) is 0 Å². The summed E-state index contributed by atoms with van der Waals surface area (Å²) in [4.78, 5) is 43.3. The van der Waals surface area contributed by atoms with Crippen LogP contribution in [-0.2, 0) is 17.8 Å². The molecule has 6 nitrogen and oxygen atoms in total. The summed E-state index contributed by atoms with van der Waals surface area (Å²) in [6.45, 7) is -0.0799. The number of aromatic nitrogens is 2. The maximum atomic E-state index is 12.9. The Morgan fingerprint density at radius 1 is 1.07 bits per heavy atom. The zero-order valence-electron chi connectivity index (χ0n) is 15.9. The van der Waals surface area contributed by atoms with Gasteiger partial charge in [-0.1, -0.05) is 30.3 Å². The number of rotatable bonds is 4. The predicted octanol–water partition coefficient (Wildman–Crippen LogP) is 3.89. The molecule has 0 radical (unpaired) electrons. The van der Waals surface area contributed by atoms with Crippen LogP contribution in [-0.4, -0.2) is 21.2 Å². The molecule has 4 aromatic rings. The smallest absolute Gasteiger partial charge is 0.262 e. The van der Waals surface area contributed by atoms with Crippen molar-refractivity contribution in [1.29, 1.82) is 0 Å². The molecular formula is C23H17N3O3S. The van der Waals surface area contributed by atoms with Crippen LogP contribution in [0.1, 0.15) is 22.3 Å². The molecule has 0 bridgehead atoms. The number of thiophene rings is 1. The molecule has 0 spiro atoms. The Labute approximate surface area is 175 Å². The van der Waals surface area contributed by atoms with E-state index >= 15 is 0 Å². The highest BCUT2D eigenvalue weighted by Gasteiger charge is 2.18. The number of hydrogen-bond donors (Lipinski definition) is 1. The van der Waals surface area contributed by atoms with Crippen LogP contribution in [0, 0.1) is 0 Å². The minimum atomic E-state index is -0.225. The number of amides is 1. The molecule has 2 aromatic carbocycles. The number of carbonyl (C=O) groups excluding carboxylic acids is 2. The second kappa shape index (κ2) is 7.35. The van der Waals surface area contributed by atoms with E-state index in [0.29, 0.717) is 28.6 Å². The minimum Gasteiger partial charge on any atom is -0.326 e. The summed E-state index contributed by atoms with van der Waals surface area (Å²) in [7, 11) is 0. The van der Waals surface area contributed by atoms with E-state index in [4.69, 9.17) is 0 Å². The number of Topliss-reactive ketones (excluding diaryl/α,β-unsaturated/α-hetero) is 1. The van der Waals surface area contributed by atoms with E-state index in [1.54, 1.807) is 18.2 Å². The zero-order chi connectivity index (χ0) is 20.7. The van der Waals surface area contributed by atoms with E-state index in [1.165, 1.54) is 22.2 Å². The van der Waals surface area contributed by atoms with Gasteiger partial charge in [-0.3, -0.25) is 19.0 Å². The largest absolute Gasteiger partial charge is 0.326 e. The van der Waals surface area contributed by atoms with Crippen molar-refractivity contribution in [1.82, 2.24) is 9.55 Å². The normalized spacial score (nSPS) is 13.1. The molecule has 7 heteroatoms. The maximum absolute atomic E-state index is 12.9. The number of aryl methyl sites for hydroxylation is 1. The second-order valence-electron chi connectivity index (χ2n) is 7.22. The van der Waals surface area contributed by atoms with Crippen molar-refractivity contribution in [2.75, 3.05) is 5.32 Å². The van der Waals surface area contributed by atoms with E-state index in [0.717, 1.165) is 21.7 Å². The van der Waals surface area contributed by atoms with Gasteiger partial charge in [0.1, 0.15) is 4.83 Å². The van der Waals surface area contributed by atoms with Gasteiger partial charge in [0, 0.05) is 22.5 Å². The van der Waals surface area contributed by atoms with Crippen molar-refractivity contribution in [3.63, 3.8) is 0 Å². The minimum absolute atomic E-state index is 0.0156. The fourth-order valence-corrected chi connectivity index (χ4v) is 4.62. The molecule has 0 saturated heterocycles. The summed E-state index contributed by atoms with van der Waals surface area (Å²) in [5.41, 5.74) is 3.01. The van der Waals surface area contributed by atoms with Gasteiger partial charge in [0.25, 0.3) is 5.56 Å². The molecule has 148 valence electrons. The molecule has 1 aliphatic heterocycles. The summed E-state index contributed by atoms with van der Waals surface area (Å²) in [5, 5.41) is 3.32. The van der Waals surface area contributed by atoms with Crippen LogP contribution < -0.4 is 10.9 Å². The summed E-state index contributed by atoms with van der Waals surface area (Å²) >= 11 is 1.46. The summed E-state index contributed by atoms with van der Waals surface area (Å²) in [6, 6.07) is 16.9. The van der Waals surface area contributed by atoms with Gasteiger partial charge in [0.05, 0.1) is 18.3 Å². The maximum Gasteiger partial charge on any atom is 0.262 e. The van der Waals surface area contributed by atoms with Gasteiger partial charge in [0.15, 0.2) is 5.78 Å². The van der Waals surface area contributed by atoms with Crippen LogP contribution in [0.4, 0.5) is 5.69 Å². The molecule has 2 aromatic heterocycles. The first kappa shape index (κ1) is 18.4. The Balaban J connectivity index is 1.44. The molecule has 1 amide bonds.